The van der Waals surface area contributed by atoms with E-state index in [0.29, 0.717) is 17.5 Å². The summed E-state index contributed by atoms with van der Waals surface area (Å²) in [4.78, 5) is 0. The molecule has 1 nitrogen and oxygen atoms in total. The third-order valence-electron chi connectivity index (χ3n) is 4.73. The third-order valence-corrected chi connectivity index (χ3v) is 4.73. The molecule has 0 bridgehead atoms. The molecule has 1 N–H and O–H groups in total. The predicted molar refractivity (Wildman–Crippen MR) is 92.4 cm³/mol. The molecule has 3 atom stereocenters. The molecule has 0 spiro atoms. The highest BCUT2D eigenvalue weighted by molar-refractivity contribution is 5.19. The van der Waals surface area contributed by atoms with E-state index >= 15 is 0 Å². The molecule has 0 aromatic heterocycles. The SMILES string of the molecule is CC(C)CC(NC1CC(C)CC(C)(C)C1)c1ccccc1. The van der Waals surface area contributed by atoms with Gasteiger partial charge >= 0.3 is 0 Å². The fourth-order valence-corrected chi connectivity index (χ4v) is 4.21. The lowest BCUT2D eigenvalue weighted by atomic mass is 9.70. The van der Waals surface area contributed by atoms with Gasteiger partial charge in [-0.2, -0.15) is 0 Å². The lowest BCUT2D eigenvalue weighted by molar-refractivity contribution is 0.141. The highest BCUT2D eigenvalue weighted by Crippen LogP contribution is 2.39. The second kappa shape index (κ2) is 6.96. The van der Waals surface area contributed by atoms with Crippen molar-refractivity contribution in [2.24, 2.45) is 17.3 Å². The van der Waals surface area contributed by atoms with Crippen LogP contribution < -0.4 is 5.32 Å². The van der Waals surface area contributed by atoms with E-state index in [-0.39, 0.29) is 0 Å². The Balaban J connectivity index is 2.08. The van der Waals surface area contributed by atoms with Crippen molar-refractivity contribution in [1.82, 2.24) is 5.32 Å². The van der Waals surface area contributed by atoms with Crippen molar-refractivity contribution in [3.05, 3.63) is 35.9 Å². The van der Waals surface area contributed by atoms with Gasteiger partial charge in [0.05, 0.1) is 0 Å². The number of hydrogen-bond donors (Lipinski definition) is 1. The first-order chi connectivity index (χ1) is 9.85. The van der Waals surface area contributed by atoms with Gasteiger partial charge in [-0.3, -0.25) is 0 Å². The first-order valence-electron chi connectivity index (χ1n) is 8.67. The lowest BCUT2D eigenvalue weighted by Crippen LogP contribution is -2.42. The van der Waals surface area contributed by atoms with Crippen LogP contribution in [0.2, 0.25) is 0 Å². The molecule has 1 aliphatic carbocycles. The van der Waals surface area contributed by atoms with Crippen LogP contribution in [0.3, 0.4) is 0 Å². The van der Waals surface area contributed by atoms with Gasteiger partial charge in [-0.25, -0.2) is 0 Å². The van der Waals surface area contributed by atoms with E-state index in [1.165, 1.54) is 31.2 Å². The predicted octanol–water partition coefficient (Wildman–Crippen LogP) is 5.58. The Bertz CT molecular complexity index is 421. The Kier molecular flexibility index (Phi) is 5.48. The number of nitrogens with one attached hydrogen (secondary N) is 1. The van der Waals surface area contributed by atoms with Crippen molar-refractivity contribution in [3.63, 3.8) is 0 Å². The zero-order valence-corrected chi connectivity index (χ0v) is 14.5. The average molecular weight is 287 g/mol. The number of hydrogen-bond acceptors (Lipinski definition) is 1. The summed E-state index contributed by atoms with van der Waals surface area (Å²) in [5.74, 6) is 1.55. The van der Waals surface area contributed by atoms with Gasteiger partial charge in [-0.15, -0.1) is 0 Å². The summed E-state index contributed by atoms with van der Waals surface area (Å²) in [6.45, 7) is 11.9. The summed E-state index contributed by atoms with van der Waals surface area (Å²) < 4.78 is 0. The van der Waals surface area contributed by atoms with Crippen LogP contribution in [-0.2, 0) is 0 Å². The van der Waals surface area contributed by atoms with Gasteiger partial charge < -0.3 is 5.32 Å². The highest BCUT2D eigenvalue weighted by atomic mass is 15.0. The first-order valence-corrected chi connectivity index (χ1v) is 8.67. The first kappa shape index (κ1) is 16.5. The van der Waals surface area contributed by atoms with E-state index in [1.807, 2.05) is 0 Å². The maximum absolute atomic E-state index is 3.99. The Labute approximate surface area is 131 Å². The van der Waals surface area contributed by atoms with Crippen LogP contribution >= 0.6 is 0 Å². The van der Waals surface area contributed by atoms with Gasteiger partial charge in [0.25, 0.3) is 0 Å². The molecule has 118 valence electrons. The van der Waals surface area contributed by atoms with Crippen molar-refractivity contribution in [3.8, 4) is 0 Å². The van der Waals surface area contributed by atoms with E-state index in [0.717, 1.165) is 11.8 Å². The molecule has 1 aromatic carbocycles. The van der Waals surface area contributed by atoms with E-state index in [4.69, 9.17) is 0 Å². The lowest BCUT2D eigenvalue weighted by Gasteiger charge is -2.41. The molecule has 0 radical (unpaired) electrons. The van der Waals surface area contributed by atoms with Crippen molar-refractivity contribution >= 4 is 0 Å². The van der Waals surface area contributed by atoms with E-state index < -0.39 is 0 Å². The van der Waals surface area contributed by atoms with Crippen molar-refractivity contribution in [2.75, 3.05) is 0 Å². The molecule has 3 unspecified atom stereocenters. The molecule has 0 heterocycles. The molecule has 1 aromatic rings. The van der Waals surface area contributed by atoms with Gasteiger partial charge in [-0.05, 0) is 48.5 Å². The van der Waals surface area contributed by atoms with E-state index in [9.17, 15) is 0 Å². The summed E-state index contributed by atoms with van der Waals surface area (Å²) in [5.41, 5.74) is 1.93. The summed E-state index contributed by atoms with van der Waals surface area (Å²) in [6.07, 6.45) is 5.21. The molecule has 21 heavy (non-hydrogen) atoms. The monoisotopic (exact) mass is 287 g/mol. The Hall–Kier alpha value is -0.820. The molecule has 2 rings (SSSR count). The molecule has 1 fully saturated rings. The maximum Gasteiger partial charge on any atom is 0.0325 e. The summed E-state index contributed by atoms with van der Waals surface area (Å²) >= 11 is 0. The Morgan fingerprint density at radius 2 is 1.81 bits per heavy atom. The van der Waals surface area contributed by atoms with Crippen LogP contribution in [0.15, 0.2) is 30.3 Å². The molecule has 1 saturated carbocycles. The fraction of sp³-hybridized carbons (Fsp3) is 0.700. The normalized spacial score (nSPS) is 26.8. The standard InChI is InChI=1S/C20H33N/c1-15(2)11-19(17-9-7-6-8-10-17)21-18-12-16(3)13-20(4,5)14-18/h6-10,15-16,18-19,21H,11-14H2,1-5H3. The van der Waals surface area contributed by atoms with Crippen LogP contribution in [0.5, 0.6) is 0 Å². The largest absolute Gasteiger partial charge is 0.307 e. The van der Waals surface area contributed by atoms with Gasteiger partial charge in [0.2, 0.25) is 0 Å². The van der Waals surface area contributed by atoms with Crippen LogP contribution in [0.1, 0.15) is 71.9 Å². The van der Waals surface area contributed by atoms with Gasteiger partial charge in [-0.1, -0.05) is 65.0 Å². The number of rotatable bonds is 5. The van der Waals surface area contributed by atoms with Crippen LogP contribution in [-0.4, -0.2) is 6.04 Å². The van der Waals surface area contributed by atoms with E-state index in [2.05, 4.69) is 70.3 Å². The second-order valence-corrected chi connectivity index (χ2v) is 8.37. The van der Waals surface area contributed by atoms with Gasteiger partial charge in [0, 0.05) is 12.1 Å². The van der Waals surface area contributed by atoms with Crippen LogP contribution in [0, 0.1) is 17.3 Å². The maximum atomic E-state index is 3.99. The number of benzene rings is 1. The quantitative estimate of drug-likeness (QED) is 0.745. The molecule has 1 heteroatoms. The molecule has 1 aliphatic rings. The molecule has 0 amide bonds. The fourth-order valence-electron chi connectivity index (χ4n) is 4.21. The third kappa shape index (κ3) is 5.14. The topological polar surface area (TPSA) is 12.0 Å². The zero-order valence-electron chi connectivity index (χ0n) is 14.5. The highest BCUT2D eigenvalue weighted by Gasteiger charge is 2.33. The van der Waals surface area contributed by atoms with Gasteiger partial charge in [0.1, 0.15) is 0 Å². The summed E-state index contributed by atoms with van der Waals surface area (Å²) in [6, 6.07) is 12.1. The van der Waals surface area contributed by atoms with Crippen molar-refractivity contribution in [2.45, 2.75) is 72.4 Å². The smallest absolute Gasteiger partial charge is 0.0325 e. The zero-order chi connectivity index (χ0) is 15.5. The second-order valence-electron chi connectivity index (χ2n) is 8.37. The average Bonchev–Trinajstić information content (AvgIpc) is 2.36. The minimum atomic E-state index is 0.481. The Morgan fingerprint density at radius 1 is 1.14 bits per heavy atom. The minimum Gasteiger partial charge on any atom is -0.307 e. The summed E-state index contributed by atoms with van der Waals surface area (Å²) in [5, 5.41) is 3.99. The van der Waals surface area contributed by atoms with Crippen LogP contribution in [0.25, 0.3) is 0 Å². The van der Waals surface area contributed by atoms with Gasteiger partial charge in [0.15, 0.2) is 0 Å². The molecule has 0 aliphatic heterocycles. The molecular formula is C20H33N. The van der Waals surface area contributed by atoms with Crippen molar-refractivity contribution < 1.29 is 0 Å². The molecule has 0 saturated heterocycles. The van der Waals surface area contributed by atoms with Crippen molar-refractivity contribution in [1.29, 1.82) is 0 Å². The van der Waals surface area contributed by atoms with E-state index in [1.54, 1.807) is 0 Å². The minimum absolute atomic E-state index is 0.481. The summed E-state index contributed by atoms with van der Waals surface area (Å²) in [7, 11) is 0. The molecular weight excluding hydrogens is 254 g/mol. The Morgan fingerprint density at radius 3 is 2.38 bits per heavy atom. The van der Waals surface area contributed by atoms with Crippen LogP contribution in [0.4, 0.5) is 0 Å².